The molecule has 0 aliphatic rings. The largest absolute Gasteiger partial charge is 0.439 e. The summed E-state index contributed by atoms with van der Waals surface area (Å²) in [6, 6.07) is 6.95. The second kappa shape index (κ2) is 5.75. The van der Waals surface area contributed by atoms with Gasteiger partial charge in [-0.15, -0.1) is 0 Å². The molecule has 0 fully saturated rings. The summed E-state index contributed by atoms with van der Waals surface area (Å²) in [5.74, 6) is -1.28. The van der Waals surface area contributed by atoms with E-state index in [1.54, 1.807) is 6.07 Å². The Morgan fingerprint density at radius 3 is 2.58 bits per heavy atom. The van der Waals surface area contributed by atoms with Crippen molar-refractivity contribution in [1.29, 1.82) is 0 Å². The molecule has 1 aromatic heterocycles. The predicted molar refractivity (Wildman–Crippen MR) is 68.2 cm³/mol. The van der Waals surface area contributed by atoms with E-state index in [1.807, 2.05) is 20.0 Å². The van der Waals surface area contributed by atoms with E-state index in [9.17, 15) is 8.78 Å². The lowest BCUT2D eigenvalue weighted by atomic mass is 10.2. The van der Waals surface area contributed by atoms with Gasteiger partial charge in [0.05, 0.1) is 0 Å². The SMILES string of the molecule is CNCc1ccc(Oc2ccc(F)c(F)c2)nc1C. The molecule has 100 valence electrons. The summed E-state index contributed by atoms with van der Waals surface area (Å²) in [4.78, 5) is 4.26. The highest BCUT2D eigenvalue weighted by Gasteiger charge is 2.06. The van der Waals surface area contributed by atoms with Crippen LogP contribution in [0.25, 0.3) is 0 Å². The first-order valence-electron chi connectivity index (χ1n) is 5.84. The van der Waals surface area contributed by atoms with Crippen LogP contribution in [0.2, 0.25) is 0 Å². The number of nitrogens with one attached hydrogen (secondary N) is 1. The Morgan fingerprint density at radius 2 is 1.95 bits per heavy atom. The Balaban J connectivity index is 2.19. The average Bonchev–Trinajstić information content (AvgIpc) is 2.37. The van der Waals surface area contributed by atoms with Gasteiger partial charge < -0.3 is 10.1 Å². The van der Waals surface area contributed by atoms with E-state index in [4.69, 9.17) is 4.74 Å². The molecule has 2 aromatic rings. The minimum Gasteiger partial charge on any atom is -0.439 e. The van der Waals surface area contributed by atoms with Crippen molar-refractivity contribution >= 4 is 0 Å². The van der Waals surface area contributed by atoms with Gasteiger partial charge in [0.2, 0.25) is 5.88 Å². The van der Waals surface area contributed by atoms with Crippen molar-refractivity contribution in [3.05, 3.63) is 53.2 Å². The summed E-state index contributed by atoms with van der Waals surface area (Å²) in [6.45, 7) is 2.58. The highest BCUT2D eigenvalue weighted by Crippen LogP contribution is 2.22. The summed E-state index contributed by atoms with van der Waals surface area (Å²) in [5.41, 5.74) is 1.88. The molecule has 0 unspecified atom stereocenters. The number of hydrogen-bond acceptors (Lipinski definition) is 3. The summed E-state index contributed by atoms with van der Waals surface area (Å²) >= 11 is 0. The Labute approximate surface area is 110 Å². The van der Waals surface area contributed by atoms with Gasteiger partial charge in [-0.3, -0.25) is 0 Å². The van der Waals surface area contributed by atoms with Crippen molar-refractivity contribution in [3.8, 4) is 11.6 Å². The van der Waals surface area contributed by atoms with Gasteiger partial charge in [-0.05, 0) is 31.7 Å². The molecule has 5 heteroatoms. The zero-order chi connectivity index (χ0) is 13.8. The number of hydrogen-bond donors (Lipinski definition) is 1. The van der Waals surface area contributed by atoms with E-state index in [0.717, 1.165) is 23.4 Å². The number of aryl methyl sites for hydroxylation is 1. The molecule has 0 aliphatic carbocycles. The van der Waals surface area contributed by atoms with E-state index < -0.39 is 11.6 Å². The Kier molecular flexibility index (Phi) is 4.06. The number of benzene rings is 1. The van der Waals surface area contributed by atoms with Crippen molar-refractivity contribution in [2.24, 2.45) is 0 Å². The fourth-order valence-electron chi connectivity index (χ4n) is 1.66. The molecule has 0 atom stereocenters. The second-order valence-electron chi connectivity index (χ2n) is 4.10. The van der Waals surface area contributed by atoms with Crippen LogP contribution >= 0.6 is 0 Å². The third-order valence-corrected chi connectivity index (χ3v) is 2.65. The fourth-order valence-corrected chi connectivity index (χ4v) is 1.66. The predicted octanol–water partition coefficient (Wildman–Crippen LogP) is 3.18. The number of pyridine rings is 1. The van der Waals surface area contributed by atoms with E-state index in [-0.39, 0.29) is 5.75 Å². The highest BCUT2D eigenvalue weighted by molar-refractivity contribution is 5.31. The fraction of sp³-hybridized carbons (Fsp3) is 0.214. The molecule has 1 heterocycles. The normalized spacial score (nSPS) is 10.5. The third-order valence-electron chi connectivity index (χ3n) is 2.65. The Hall–Kier alpha value is -2.01. The van der Waals surface area contributed by atoms with E-state index in [2.05, 4.69) is 10.3 Å². The molecule has 19 heavy (non-hydrogen) atoms. The lowest BCUT2D eigenvalue weighted by Crippen LogP contribution is -2.07. The molecule has 2 rings (SSSR count). The van der Waals surface area contributed by atoms with Crippen LogP contribution in [-0.2, 0) is 6.54 Å². The van der Waals surface area contributed by atoms with Crippen LogP contribution in [0.5, 0.6) is 11.6 Å². The minimum atomic E-state index is -0.943. The molecular weight excluding hydrogens is 250 g/mol. The first-order valence-corrected chi connectivity index (χ1v) is 5.84. The van der Waals surface area contributed by atoms with Crippen molar-refractivity contribution in [2.45, 2.75) is 13.5 Å². The number of halogens is 2. The van der Waals surface area contributed by atoms with Gasteiger partial charge in [-0.25, -0.2) is 13.8 Å². The van der Waals surface area contributed by atoms with Gasteiger partial charge in [0.1, 0.15) is 5.75 Å². The maximum Gasteiger partial charge on any atom is 0.219 e. The zero-order valence-corrected chi connectivity index (χ0v) is 10.7. The Bertz CT molecular complexity index is 588. The highest BCUT2D eigenvalue weighted by atomic mass is 19.2. The number of nitrogens with zero attached hydrogens (tertiary/aromatic N) is 1. The van der Waals surface area contributed by atoms with Crippen LogP contribution in [-0.4, -0.2) is 12.0 Å². The second-order valence-corrected chi connectivity index (χ2v) is 4.10. The van der Waals surface area contributed by atoms with Gasteiger partial charge in [0.25, 0.3) is 0 Å². The number of rotatable bonds is 4. The topological polar surface area (TPSA) is 34.1 Å². The van der Waals surface area contributed by atoms with E-state index in [1.165, 1.54) is 6.07 Å². The summed E-state index contributed by atoms with van der Waals surface area (Å²) in [6.07, 6.45) is 0. The molecule has 0 aliphatic heterocycles. The van der Waals surface area contributed by atoms with E-state index >= 15 is 0 Å². The molecular formula is C14H14F2N2O. The van der Waals surface area contributed by atoms with Gasteiger partial charge in [-0.1, -0.05) is 6.07 Å². The monoisotopic (exact) mass is 264 g/mol. The average molecular weight is 264 g/mol. The molecule has 0 saturated heterocycles. The summed E-state index contributed by atoms with van der Waals surface area (Å²) in [7, 11) is 1.85. The van der Waals surface area contributed by atoms with Crippen LogP contribution in [0, 0.1) is 18.6 Å². The van der Waals surface area contributed by atoms with Gasteiger partial charge in [0.15, 0.2) is 11.6 Å². The summed E-state index contributed by atoms with van der Waals surface area (Å²) < 4.78 is 31.2. The minimum absolute atomic E-state index is 0.215. The van der Waals surface area contributed by atoms with Gasteiger partial charge in [-0.2, -0.15) is 0 Å². The van der Waals surface area contributed by atoms with Crippen molar-refractivity contribution in [2.75, 3.05) is 7.05 Å². The third kappa shape index (κ3) is 3.26. The van der Waals surface area contributed by atoms with Crippen molar-refractivity contribution in [3.63, 3.8) is 0 Å². The van der Waals surface area contributed by atoms with Crippen LogP contribution in [0.1, 0.15) is 11.3 Å². The molecule has 1 aromatic carbocycles. The number of aromatic nitrogens is 1. The molecule has 0 bridgehead atoms. The molecule has 0 radical (unpaired) electrons. The molecule has 0 amide bonds. The maximum absolute atomic E-state index is 13.0. The van der Waals surface area contributed by atoms with Gasteiger partial charge in [0, 0.05) is 24.4 Å². The maximum atomic E-state index is 13.0. The number of ether oxygens (including phenoxy) is 1. The lowest BCUT2D eigenvalue weighted by Gasteiger charge is -2.08. The smallest absolute Gasteiger partial charge is 0.219 e. The Morgan fingerprint density at radius 1 is 1.16 bits per heavy atom. The van der Waals surface area contributed by atoms with Crippen molar-refractivity contribution in [1.82, 2.24) is 10.3 Å². The molecule has 0 spiro atoms. The first-order chi connectivity index (χ1) is 9.10. The van der Waals surface area contributed by atoms with Crippen LogP contribution in [0.4, 0.5) is 8.78 Å². The quantitative estimate of drug-likeness (QED) is 0.921. The molecule has 1 N–H and O–H groups in total. The van der Waals surface area contributed by atoms with Gasteiger partial charge >= 0.3 is 0 Å². The van der Waals surface area contributed by atoms with Crippen LogP contribution in [0.3, 0.4) is 0 Å². The van der Waals surface area contributed by atoms with Crippen molar-refractivity contribution < 1.29 is 13.5 Å². The lowest BCUT2D eigenvalue weighted by molar-refractivity contribution is 0.446. The zero-order valence-electron chi connectivity index (χ0n) is 10.7. The summed E-state index contributed by atoms with van der Waals surface area (Å²) in [5, 5.41) is 3.04. The first kappa shape index (κ1) is 13.4. The standard InChI is InChI=1S/C14H14F2N2O/c1-9-10(8-17-2)3-6-14(18-9)19-11-4-5-12(15)13(16)7-11/h3-7,17H,8H2,1-2H3. The van der Waals surface area contributed by atoms with Crippen LogP contribution < -0.4 is 10.1 Å². The van der Waals surface area contributed by atoms with E-state index in [0.29, 0.717) is 12.4 Å². The molecule has 0 saturated carbocycles. The molecule has 3 nitrogen and oxygen atoms in total. The van der Waals surface area contributed by atoms with Crippen LogP contribution in [0.15, 0.2) is 30.3 Å².